The highest BCUT2D eigenvalue weighted by molar-refractivity contribution is 5.91. The Balaban J connectivity index is 2.13. The van der Waals surface area contributed by atoms with E-state index in [4.69, 9.17) is 0 Å². The van der Waals surface area contributed by atoms with Crippen LogP contribution in [0.5, 0.6) is 0 Å². The molecule has 3 heterocycles. The van der Waals surface area contributed by atoms with Crippen molar-refractivity contribution in [1.82, 2.24) is 28.7 Å². The van der Waals surface area contributed by atoms with E-state index in [1.807, 2.05) is 0 Å². The first-order valence-corrected chi connectivity index (χ1v) is 6.83. The minimum atomic E-state index is -0.487. The van der Waals surface area contributed by atoms with E-state index in [1.54, 1.807) is 18.7 Å². The van der Waals surface area contributed by atoms with Gasteiger partial charge >= 0.3 is 5.69 Å². The van der Waals surface area contributed by atoms with Gasteiger partial charge in [-0.05, 0) is 0 Å². The Hall–Kier alpha value is -3.10. The molecule has 0 N–H and O–H groups in total. The molecule has 3 rings (SSSR count). The molecule has 0 radical (unpaired) electrons. The van der Waals surface area contributed by atoms with Crippen LogP contribution in [0.1, 0.15) is 23.1 Å². The van der Waals surface area contributed by atoms with Gasteiger partial charge in [0.1, 0.15) is 5.69 Å². The third-order valence-electron chi connectivity index (χ3n) is 3.59. The number of carbonyl (C=O) groups is 1. The Kier molecular flexibility index (Phi) is 3.40. The molecular formula is C14H14N6O3. The number of aromatic nitrogens is 6. The van der Waals surface area contributed by atoms with Gasteiger partial charge in [-0.15, -0.1) is 0 Å². The maximum Gasteiger partial charge on any atom is 0.332 e. The zero-order valence-electron chi connectivity index (χ0n) is 12.8. The first-order valence-electron chi connectivity index (χ1n) is 6.83. The first-order chi connectivity index (χ1) is 10.9. The van der Waals surface area contributed by atoms with Crippen LogP contribution in [-0.4, -0.2) is 34.4 Å². The lowest BCUT2D eigenvalue weighted by Gasteiger charge is -2.08. The molecule has 9 heteroatoms. The zero-order valence-corrected chi connectivity index (χ0v) is 12.8. The third-order valence-corrected chi connectivity index (χ3v) is 3.59. The van der Waals surface area contributed by atoms with E-state index in [2.05, 4.69) is 15.0 Å². The van der Waals surface area contributed by atoms with Crippen molar-refractivity contribution in [3.8, 4) is 0 Å². The summed E-state index contributed by atoms with van der Waals surface area (Å²) in [6, 6.07) is 0. The predicted molar refractivity (Wildman–Crippen MR) is 81.4 cm³/mol. The van der Waals surface area contributed by atoms with Crippen LogP contribution in [0.2, 0.25) is 0 Å². The summed E-state index contributed by atoms with van der Waals surface area (Å²) in [7, 11) is 3.24. The lowest BCUT2D eigenvalue weighted by atomic mass is 10.3. The van der Waals surface area contributed by atoms with Crippen LogP contribution in [0.25, 0.3) is 11.2 Å². The molecule has 118 valence electrons. The largest absolute Gasteiger partial charge is 0.332 e. The number of hydrogen-bond acceptors (Lipinski definition) is 6. The van der Waals surface area contributed by atoms with Crippen LogP contribution in [0.4, 0.5) is 0 Å². The van der Waals surface area contributed by atoms with Crippen molar-refractivity contribution < 1.29 is 4.79 Å². The van der Waals surface area contributed by atoms with Crippen molar-refractivity contribution >= 4 is 16.9 Å². The Morgan fingerprint density at radius 2 is 1.87 bits per heavy atom. The van der Waals surface area contributed by atoms with Crippen molar-refractivity contribution in [3.63, 3.8) is 0 Å². The van der Waals surface area contributed by atoms with E-state index in [9.17, 15) is 14.4 Å². The van der Waals surface area contributed by atoms with E-state index in [-0.39, 0.29) is 18.0 Å². The van der Waals surface area contributed by atoms with E-state index in [0.29, 0.717) is 16.9 Å². The fourth-order valence-electron chi connectivity index (χ4n) is 2.32. The number of nitrogens with zero attached hydrogens (tertiary/aromatic N) is 6. The molecule has 0 unspecified atom stereocenters. The second-order valence-corrected chi connectivity index (χ2v) is 5.21. The molecule has 3 aromatic rings. The highest BCUT2D eigenvalue weighted by Crippen LogP contribution is 2.04. The number of aryl methyl sites for hydroxylation is 2. The average Bonchev–Trinajstić information content (AvgIpc) is 2.92. The van der Waals surface area contributed by atoms with Gasteiger partial charge in [0, 0.05) is 21.0 Å². The topological polar surface area (TPSA) is 105 Å². The summed E-state index contributed by atoms with van der Waals surface area (Å²) in [4.78, 5) is 48.2. The number of rotatable bonds is 3. The molecule has 0 aliphatic rings. The molecule has 0 spiro atoms. The molecule has 0 saturated carbocycles. The molecule has 0 bridgehead atoms. The Bertz CT molecular complexity index is 1030. The second kappa shape index (κ2) is 5.27. The van der Waals surface area contributed by atoms with Gasteiger partial charge in [0.2, 0.25) is 0 Å². The average molecular weight is 314 g/mol. The maximum absolute atomic E-state index is 12.5. The summed E-state index contributed by atoms with van der Waals surface area (Å²) >= 11 is 0. The van der Waals surface area contributed by atoms with Gasteiger partial charge in [-0.2, -0.15) is 0 Å². The smallest absolute Gasteiger partial charge is 0.328 e. The Morgan fingerprint density at radius 3 is 2.48 bits per heavy atom. The van der Waals surface area contributed by atoms with E-state index in [1.165, 1.54) is 30.2 Å². The van der Waals surface area contributed by atoms with Gasteiger partial charge in [-0.1, -0.05) is 0 Å². The fraction of sp³-hybridized carbons (Fsp3) is 0.286. The highest BCUT2D eigenvalue weighted by atomic mass is 16.2. The summed E-state index contributed by atoms with van der Waals surface area (Å²) in [6.45, 7) is 1.36. The molecule has 0 fully saturated rings. The minimum absolute atomic E-state index is 0.0299. The molecule has 23 heavy (non-hydrogen) atoms. The molecule has 0 atom stereocenters. The van der Waals surface area contributed by atoms with E-state index in [0.717, 1.165) is 4.57 Å². The maximum atomic E-state index is 12.5. The van der Waals surface area contributed by atoms with Crippen LogP contribution in [0.15, 0.2) is 28.3 Å². The highest BCUT2D eigenvalue weighted by Gasteiger charge is 2.15. The number of imidazole rings is 1. The van der Waals surface area contributed by atoms with Gasteiger partial charge < -0.3 is 4.57 Å². The van der Waals surface area contributed by atoms with Crippen molar-refractivity contribution in [2.75, 3.05) is 0 Å². The number of ketones is 1. The number of carbonyl (C=O) groups excluding carboxylic acids is 1. The normalized spacial score (nSPS) is 11.1. The van der Waals surface area contributed by atoms with Gasteiger partial charge in [-0.25, -0.2) is 14.8 Å². The minimum Gasteiger partial charge on any atom is -0.328 e. The molecule has 0 aromatic carbocycles. The molecule has 0 saturated heterocycles. The summed E-state index contributed by atoms with van der Waals surface area (Å²) < 4.78 is 3.95. The third kappa shape index (κ3) is 2.35. The molecule has 0 aliphatic carbocycles. The fourth-order valence-corrected chi connectivity index (χ4v) is 2.32. The Morgan fingerprint density at radius 1 is 1.13 bits per heavy atom. The van der Waals surface area contributed by atoms with Crippen molar-refractivity contribution in [2.24, 2.45) is 14.1 Å². The lowest BCUT2D eigenvalue weighted by Crippen LogP contribution is -2.40. The summed E-state index contributed by atoms with van der Waals surface area (Å²) in [6.07, 6.45) is 4.20. The summed E-state index contributed by atoms with van der Waals surface area (Å²) in [5.41, 5.74) is 0.378. The van der Waals surface area contributed by atoms with Gasteiger partial charge in [-0.3, -0.25) is 23.7 Å². The monoisotopic (exact) mass is 314 g/mol. The quantitative estimate of drug-likeness (QED) is 0.602. The van der Waals surface area contributed by atoms with Crippen LogP contribution < -0.4 is 11.2 Å². The second-order valence-electron chi connectivity index (χ2n) is 5.21. The van der Waals surface area contributed by atoms with Crippen LogP contribution >= 0.6 is 0 Å². The van der Waals surface area contributed by atoms with Crippen molar-refractivity contribution in [3.05, 3.63) is 50.9 Å². The molecule has 3 aromatic heterocycles. The SMILES string of the molecule is CC(=O)c1cnc(Cn2c(=O)c3c(ncn3C)n(C)c2=O)cn1. The van der Waals surface area contributed by atoms with Gasteiger partial charge in [0.25, 0.3) is 5.56 Å². The van der Waals surface area contributed by atoms with Crippen LogP contribution in [0, 0.1) is 0 Å². The van der Waals surface area contributed by atoms with Crippen molar-refractivity contribution in [2.45, 2.75) is 13.5 Å². The van der Waals surface area contributed by atoms with E-state index < -0.39 is 11.2 Å². The lowest BCUT2D eigenvalue weighted by molar-refractivity contribution is 0.101. The number of fused-ring (bicyclic) bond motifs is 1. The number of hydrogen-bond donors (Lipinski definition) is 0. The van der Waals surface area contributed by atoms with E-state index >= 15 is 0 Å². The first kappa shape index (κ1) is 14.8. The molecular weight excluding hydrogens is 300 g/mol. The zero-order chi connectivity index (χ0) is 16.7. The van der Waals surface area contributed by atoms with Gasteiger partial charge in [0.05, 0.1) is 31.0 Å². The predicted octanol–water partition coefficient (Wildman–Crippen LogP) is -0.525. The van der Waals surface area contributed by atoms with Crippen LogP contribution in [-0.2, 0) is 20.6 Å². The summed E-state index contributed by atoms with van der Waals surface area (Å²) in [5, 5.41) is 0. The molecule has 0 amide bonds. The van der Waals surface area contributed by atoms with Gasteiger partial charge in [0.15, 0.2) is 16.9 Å². The molecule has 0 aliphatic heterocycles. The number of Topliss-reactive ketones (excluding diaryl/α,β-unsaturated/α-hetero) is 1. The van der Waals surface area contributed by atoms with Crippen molar-refractivity contribution in [1.29, 1.82) is 0 Å². The standard InChI is InChI=1S/C14H14N6O3/c1-8(21)10-5-15-9(4-16-10)6-20-13(22)11-12(17-7-18(11)2)19(3)14(20)23/h4-5,7H,6H2,1-3H3. The Labute approximate surface area is 129 Å². The van der Waals surface area contributed by atoms with Crippen LogP contribution in [0.3, 0.4) is 0 Å². The summed E-state index contributed by atoms with van der Waals surface area (Å²) in [5.74, 6) is -0.201. The molecule has 9 nitrogen and oxygen atoms in total.